The van der Waals surface area contributed by atoms with Crippen molar-refractivity contribution in [2.24, 2.45) is 0 Å². The molecule has 1 N–H and O–H groups in total. The van der Waals surface area contributed by atoms with Crippen LogP contribution in [0.4, 0.5) is 0 Å². The summed E-state index contributed by atoms with van der Waals surface area (Å²) in [7, 11) is 0. The fourth-order valence-corrected chi connectivity index (χ4v) is 3.28. The van der Waals surface area contributed by atoms with Gasteiger partial charge in [0.15, 0.2) is 0 Å². The summed E-state index contributed by atoms with van der Waals surface area (Å²) in [4.78, 5) is 42.8. The van der Waals surface area contributed by atoms with Crippen LogP contribution in [0.15, 0.2) is 53.5 Å². The lowest BCUT2D eigenvalue weighted by Crippen LogP contribution is -2.43. The van der Waals surface area contributed by atoms with Gasteiger partial charge in [0.25, 0.3) is 5.91 Å². The second kappa shape index (κ2) is 7.99. The van der Waals surface area contributed by atoms with E-state index in [1.165, 1.54) is 18.3 Å². The van der Waals surface area contributed by atoms with Gasteiger partial charge in [-0.25, -0.2) is 0 Å². The van der Waals surface area contributed by atoms with Gasteiger partial charge in [-0.05, 0) is 18.1 Å². The fourth-order valence-electron chi connectivity index (χ4n) is 3.28. The van der Waals surface area contributed by atoms with Crippen molar-refractivity contribution in [3.8, 4) is 0 Å². The van der Waals surface area contributed by atoms with Crippen LogP contribution in [-0.4, -0.2) is 45.7 Å². The Bertz CT molecular complexity index is 811. The Kier molecular flexibility index (Phi) is 5.51. The highest BCUT2D eigenvalue weighted by atomic mass is 16.2. The van der Waals surface area contributed by atoms with Gasteiger partial charge >= 0.3 is 0 Å². The van der Waals surface area contributed by atoms with Crippen LogP contribution in [0.25, 0.3) is 0 Å². The highest BCUT2D eigenvalue weighted by molar-refractivity contribution is 5.94. The van der Waals surface area contributed by atoms with Crippen molar-refractivity contribution < 1.29 is 9.59 Å². The topological polar surface area (TPSA) is 73.5 Å². The van der Waals surface area contributed by atoms with Crippen molar-refractivity contribution >= 4 is 11.8 Å². The van der Waals surface area contributed by atoms with E-state index in [1.54, 1.807) is 4.90 Å². The summed E-state index contributed by atoms with van der Waals surface area (Å²) in [5.41, 5.74) is 1.27. The Morgan fingerprint density at radius 1 is 1.15 bits per heavy atom. The van der Waals surface area contributed by atoms with Crippen LogP contribution in [-0.2, 0) is 11.3 Å². The first-order valence-corrected chi connectivity index (χ1v) is 8.90. The molecule has 2 amide bonds. The van der Waals surface area contributed by atoms with Gasteiger partial charge < -0.3 is 14.8 Å². The van der Waals surface area contributed by atoms with E-state index in [0.29, 0.717) is 31.6 Å². The van der Waals surface area contributed by atoms with Crippen LogP contribution in [0, 0.1) is 0 Å². The predicted molar refractivity (Wildman–Crippen MR) is 98.7 cm³/mol. The molecule has 2 aromatic rings. The third-order valence-corrected chi connectivity index (χ3v) is 4.77. The highest BCUT2D eigenvalue weighted by Gasteiger charge is 2.31. The summed E-state index contributed by atoms with van der Waals surface area (Å²) in [5.74, 6) is -0.0912. The molecule has 0 spiro atoms. The third kappa shape index (κ3) is 4.02. The number of carbonyl (C=O) groups is 2. The van der Waals surface area contributed by atoms with Crippen molar-refractivity contribution in [1.29, 1.82) is 0 Å². The predicted octanol–water partition coefficient (Wildman–Crippen LogP) is 2.03. The fraction of sp³-hybridized carbons (Fsp3) is 0.350. The number of nitrogens with zero attached hydrogens (tertiary/aromatic N) is 2. The lowest BCUT2D eigenvalue weighted by Gasteiger charge is -2.31. The highest BCUT2D eigenvalue weighted by Crippen LogP contribution is 2.19. The van der Waals surface area contributed by atoms with E-state index in [0.717, 1.165) is 12.0 Å². The standard InChI is InChI=1S/C20H23N3O3/c1-2-17-14-22(20(26)16-8-9-18(24)21-12-16)11-10-19(25)23(17)13-15-6-4-3-5-7-15/h3-9,12,17H,2,10-11,13-14H2,1H3,(H,21,24)/t17-/m0/s1. The van der Waals surface area contributed by atoms with E-state index in [4.69, 9.17) is 0 Å². The summed E-state index contributed by atoms with van der Waals surface area (Å²) in [6.07, 6.45) is 2.51. The van der Waals surface area contributed by atoms with Crippen LogP contribution in [0.5, 0.6) is 0 Å². The van der Waals surface area contributed by atoms with Crippen LogP contribution in [0.3, 0.4) is 0 Å². The van der Waals surface area contributed by atoms with Gasteiger partial charge in [0.1, 0.15) is 0 Å². The SMILES string of the molecule is CC[C@H]1CN(C(=O)c2ccc(=O)[nH]c2)CCC(=O)N1Cc1ccccc1. The van der Waals surface area contributed by atoms with Gasteiger partial charge in [-0.15, -0.1) is 0 Å². The zero-order valence-corrected chi connectivity index (χ0v) is 14.9. The molecule has 3 rings (SSSR count). The largest absolute Gasteiger partial charge is 0.336 e. The molecule has 1 aliphatic rings. The van der Waals surface area contributed by atoms with E-state index in [1.807, 2.05) is 42.2 Å². The molecule has 1 fully saturated rings. The molecule has 0 unspecified atom stereocenters. The lowest BCUT2D eigenvalue weighted by molar-refractivity contribution is -0.133. The summed E-state index contributed by atoms with van der Waals surface area (Å²) in [6.45, 7) is 3.47. The second-order valence-electron chi connectivity index (χ2n) is 6.51. The molecule has 2 heterocycles. The number of carbonyl (C=O) groups excluding carboxylic acids is 2. The Morgan fingerprint density at radius 3 is 2.58 bits per heavy atom. The summed E-state index contributed by atoms with van der Waals surface area (Å²) < 4.78 is 0. The lowest BCUT2D eigenvalue weighted by atomic mass is 10.1. The Balaban J connectivity index is 1.78. The smallest absolute Gasteiger partial charge is 0.255 e. The molecule has 6 nitrogen and oxygen atoms in total. The Hall–Kier alpha value is -2.89. The molecule has 1 aromatic heterocycles. The van der Waals surface area contributed by atoms with Crippen molar-refractivity contribution in [2.45, 2.75) is 32.4 Å². The molecule has 26 heavy (non-hydrogen) atoms. The van der Waals surface area contributed by atoms with Crippen LogP contribution >= 0.6 is 0 Å². The normalized spacial score (nSPS) is 17.9. The molecular weight excluding hydrogens is 330 g/mol. The van der Waals surface area contributed by atoms with Gasteiger partial charge in [0, 0.05) is 44.4 Å². The Morgan fingerprint density at radius 2 is 1.92 bits per heavy atom. The van der Waals surface area contributed by atoms with Gasteiger partial charge in [0.05, 0.1) is 5.56 Å². The van der Waals surface area contributed by atoms with E-state index in [9.17, 15) is 14.4 Å². The van der Waals surface area contributed by atoms with E-state index in [2.05, 4.69) is 4.98 Å². The number of rotatable bonds is 4. The number of amides is 2. The molecule has 0 aliphatic carbocycles. The summed E-state index contributed by atoms with van der Waals surface area (Å²) in [6, 6.07) is 12.7. The molecular formula is C20H23N3O3. The maximum absolute atomic E-state index is 12.8. The minimum Gasteiger partial charge on any atom is -0.336 e. The molecule has 1 saturated heterocycles. The molecule has 0 radical (unpaired) electrons. The first-order chi connectivity index (χ1) is 12.6. The first kappa shape index (κ1) is 17.9. The number of aromatic nitrogens is 1. The zero-order chi connectivity index (χ0) is 18.5. The maximum Gasteiger partial charge on any atom is 0.255 e. The number of hydrogen-bond acceptors (Lipinski definition) is 3. The van der Waals surface area contributed by atoms with Gasteiger partial charge in [-0.3, -0.25) is 14.4 Å². The number of pyridine rings is 1. The van der Waals surface area contributed by atoms with Crippen molar-refractivity contribution in [1.82, 2.24) is 14.8 Å². The van der Waals surface area contributed by atoms with E-state index < -0.39 is 0 Å². The summed E-state index contributed by atoms with van der Waals surface area (Å²) in [5, 5.41) is 0. The molecule has 136 valence electrons. The molecule has 0 bridgehead atoms. The van der Waals surface area contributed by atoms with Crippen molar-refractivity contribution in [3.63, 3.8) is 0 Å². The number of H-pyrrole nitrogens is 1. The second-order valence-corrected chi connectivity index (χ2v) is 6.51. The van der Waals surface area contributed by atoms with Gasteiger partial charge in [-0.2, -0.15) is 0 Å². The number of hydrogen-bond donors (Lipinski definition) is 1. The summed E-state index contributed by atoms with van der Waals surface area (Å²) >= 11 is 0. The quantitative estimate of drug-likeness (QED) is 0.914. The molecule has 1 atom stereocenters. The number of nitrogens with one attached hydrogen (secondary N) is 1. The molecule has 6 heteroatoms. The monoisotopic (exact) mass is 353 g/mol. The molecule has 1 aromatic carbocycles. The molecule has 1 aliphatic heterocycles. The number of benzene rings is 1. The maximum atomic E-state index is 12.8. The van der Waals surface area contributed by atoms with Crippen molar-refractivity contribution in [2.75, 3.05) is 13.1 Å². The average molecular weight is 353 g/mol. The van der Waals surface area contributed by atoms with E-state index >= 15 is 0 Å². The van der Waals surface area contributed by atoms with Crippen LogP contribution in [0.2, 0.25) is 0 Å². The third-order valence-electron chi connectivity index (χ3n) is 4.77. The zero-order valence-electron chi connectivity index (χ0n) is 14.9. The Labute approximate surface area is 152 Å². The van der Waals surface area contributed by atoms with Crippen LogP contribution < -0.4 is 5.56 Å². The minimum absolute atomic E-state index is 0.0306. The van der Waals surface area contributed by atoms with Crippen LogP contribution in [0.1, 0.15) is 35.7 Å². The van der Waals surface area contributed by atoms with Crippen molar-refractivity contribution in [3.05, 3.63) is 70.1 Å². The molecule has 0 saturated carbocycles. The van der Waals surface area contributed by atoms with Gasteiger partial charge in [-0.1, -0.05) is 37.3 Å². The van der Waals surface area contributed by atoms with E-state index in [-0.39, 0.29) is 23.4 Å². The number of aromatic amines is 1. The first-order valence-electron chi connectivity index (χ1n) is 8.90. The van der Waals surface area contributed by atoms with Gasteiger partial charge in [0.2, 0.25) is 11.5 Å². The minimum atomic E-state index is -0.243. The average Bonchev–Trinajstić information content (AvgIpc) is 2.82.